The van der Waals surface area contributed by atoms with Crippen LogP contribution in [0, 0.1) is 23.5 Å². The largest absolute Gasteiger partial charge is 0.632 e. The van der Waals surface area contributed by atoms with Crippen molar-refractivity contribution in [2.24, 2.45) is 5.92 Å². The molecule has 5 atom stereocenters. The number of aliphatic hydroxyl groups is 1. The summed E-state index contributed by atoms with van der Waals surface area (Å²) in [6.45, 7) is 4.47. The zero-order valence-corrected chi connectivity index (χ0v) is 10.9. The first kappa shape index (κ1) is 12.9. The summed E-state index contributed by atoms with van der Waals surface area (Å²) in [7, 11) is 0. The summed E-state index contributed by atoms with van der Waals surface area (Å²) in [5.41, 5.74) is -1.05. The Labute approximate surface area is 104 Å². The summed E-state index contributed by atoms with van der Waals surface area (Å²) < 4.78 is -0.158. The van der Waals surface area contributed by atoms with Crippen LogP contribution in [-0.2, 0) is 0 Å². The van der Waals surface area contributed by atoms with Gasteiger partial charge in [0.25, 0.3) is 0 Å². The summed E-state index contributed by atoms with van der Waals surface area (Å²) in [6.07, 6.45) is 9.97. The van der Waals surface area contributed by atoms with Gasteiger partial charge in [0, 0.05) is 12.8 Å². The average molecular weight is 237 g/mol. The lowest BCUT2D eigenvalue weighted by molar-refractivity contribution is -0.939. The van der Waals surface area contributed by atoms with Gasteiger partial charge in [0.2, 0.25) is 0 Å². The second-order valence-corrected chi connectivity index (χ2v) is 5.75. The van der Waals surface area contributed by atoms with E-state index >= 15 is 0 Å². The molecule has 1 aliphatic carbocycles. The fourth-order valence-electron chi connectivity index (χ4n) is 3.99. The molecule has 1 heterocycles. The van der Waals surface area contributed by atoms with Gasteiger partial charge < -0.3 is 15.0 Å². The lowest BCUT2D eigenvalue weighted by atomic mass is 9.67. The highest BCUT2D eigenvalue weighted by molar-refractivity contribution is 5.15. The summed E-state index contributed by atoms with van der Waals surface area (Å²) in [4.78, 5) is 0. The molecule has 1 aliphatic heterocycles. The quantitative estimate of drug-likeness (QED) is 0.431. The molecule has 17 heavy (non-hydrogen) atoms. The third-order valence-electron chi connectivity index (χ3n) is 5.00. The molecule has 1 N–H and O–H groups in total. The number of nitrogens with zero attached hydrogens (tertiary/aromatic N) is 1. The Morgan fingerprint density at radius 2 is 2.12 bits per heavy atom. The Hall–Kier alpha value is -0.560. The maximum atomic E-state index is 12.9. The van der Waals surface area contributed by atoms with E-state index in [9.17, 15) is 10.3 Å². The third-order valence-corrected chi connectivity index (χ3v) is 5.00. The maximum absolute atomic E-state index is 12.9. The van der Waals surface area contributed by atoms with Crippen LogP contribution in [0.1, 0.15) is 46.0 Å². The number of likely N-dealkylation sites (tertiary alicyclic amines) is 1. The maximum Gasteiger partial charge on any atom is 0.139 e. The number of rotatable bonds is 1. The number of hydrogen-bond donors (Lipinski definition) is 1. The van der Waals surface area contributed by atoms with Crippen molar-refractivity contribution in [3.05, 3.63) is 5.21 Å². The van der Waals surface area contributed by atoms with Crippen molar-refractivity contribution in [1.82, 2.24) is 0 Å². The molecule has 2 fully saturated rings. The number of fused-ring (bicyclic) bond motifs is 1. The fourth-order valence-corrected chi connectivity index (χ4v) is 3.99. The van der Waals surface area contributed by atoms with Gasteiger partial charge in [-0.15, -0.1) is 6.42 Å². The standard InChI is InChI=1S/C14H23NO2/c1-4-14(16)10-11(3)15(17,5-2)13-9-7-6-8-12(13)14/h1,11-13,16H,5-10H2,2-3H3. The molecule has 0 aromatic rings. The topological polar surface area (TPSA) is 43.3 Å². The van der Waals surface area contributed by atoms with Crippen LogP contribution in [0.4, 0.5) is 0 Å². The minimum atomic E-state index is -1.05. The van der Waals surface area contributed by atoms with Crippen LogP contribution >= 0.6 is 0 Å². The van der Waals surface area contributed by atoms with Crippen molar-refractivity contribution in [2.75, 3.05) is 6.54 Å². The molecule has 1 saturated carbocycles. The van der Waals surface area contributed by atoms with Gasteiger partial charge in [-0.05, 0) is 26.7 Å². The Kier molecular flexibility index (Phi) is 3.24. The van der Waals surface area contributed by atoms with E-state index in [4.69, 9.17) is 6.42 Å². The van der Waals surface area contributed by atoms with Crippen LogP contribution in [-0.4, -0.2) is 34.0 Å². The normalized spacial score (nSPS) is 50.4. The van der Waals surface area contributed by atoms with Crippen LogP contribution in [0.2, 0.25) is 0 Å². The fraction of sp³-hybridized carbons (Fsp3) is 0.857. The van der Waals surface area contributed by atoms with Crippen molar-refractivity contribution in [2.45, 2.75) is 63.6 Å². The molecule has 0 aromatic carbocycles. The van der Waals surface area contributed by atoms with E-state index in [-0.39, 0.29) is 22.6 Å². The van der Waals surface area contributed by atoms with Crippen LogP contribution in [0.15, 0.2) is 0 Å². The SMILES string of the molecule is C#CC1(O)CC(C)[N+]([O-])(CC)C2CCCCC21. The van der Waals surface area contributed by atoms with Crippen molar-refractivity contribution in [3.8, 4) is 12.3 Å². The molecule has 0 aromatic heterocycles. The Morgan fingerprint density at radius 3 is 2.71 bits per heavy atom. The van der Waals surface area contributed by atoms with Crippen LogP contribution in [0.25, 0.3) is 0 Å². The monoisotopic (exact) mass is 237 g/mol. The molecule has 3 nitrogen and oxygen atoms in total. The van der Waals surface area contributed by atoms with Crippen molar-refractivity contribution in [1.29, 1.82) is 0 Å². The van der Waals surface area contributed by atoms with Gasteiger partial charge in [0.1, 0.15) is 5.60 Å². The lowest BCUT2D eigenvalue weighted by Gasteiger charge is -2.62. The zero-order valence-electron chi connectivity index (χ0n) is 10.9. The lowest BCUT2D eigenvalue weighted by Crippen LogP contribution is -2.69. The van der Waals surface area contributed by atoms with Gasteiger partial charge in [-0.2, -0.15) is 0 Å². The first-order chi connectivity index (χ1) is 7.98. The van der Waals surface area contributed by atoms with E-state index < -0.39 is 5.60 Å². The molecule has 0 amide bonds. The molecule has 0 spiro atoms. The number of quaternary nitrogens is 1. The molecule has 96 valence electrons. The van der Waals surface area contributed by atoms with Gasteiger partial charge in [-0.25, -0.2) is 0 Å². The molecule has 3 heteroatoms. The molecule has 0 radical (unpaired) electrons. The van der Waals surface area contributed by atoms with Crippen LogP contribution < -0.4 is 0 Å². The molecule has 0 bridgehead atoms. The van der Waals surface area contributed by atoms with E-state index in [1.165, 1.54) is 0 Å². The average Bonchev–Trinajstić information content (AvgIpc) is 2.36. The Morgan fingerprint density at radius 1 is 1.47 bits per heavy atom. The molecular weight excluding hydrogens is 214 g/mol. The van der Waals surface area contributed by atoms with Gasteiger partial charge in [0.15, 0.2) is 0 Å². The summed E-state index contributed by atoms with van der Waals surface area (Å²) in [5.74, 6) is 2.57. The smallest absolute Gasteiger partial charge is 0.139 e. The minimum Gasteiger partial charge on any atom is -0.632 e. The number of terminal acetylenes is 1. The molecule has 1 saturated heterocycles. The number of piperidine rings is 1. The predicted octanol–water partition coefficient (Wildman–Crippen LogP) is 2.04. The first-order valence-electron chi connectivity index (χ1n) is 6.76. The number of hydroxylamine groups is 3. The number of hydrogen-bond acceptors (Lipinski definition) is 2. The summed E-state index contributed by atoms with van der Waals surface area (Å²) in [5, 5.41) is 23.5. The summed E-state index contributed by atoms with van der Waals surface area (Å²) in [6, 6.07) is -0.0982. The highest BCUT2D eigenvalue weighted by Gasteiger charge is 2.55. The summed E-state index contributed by atoms with van der Waals surface area (Å²) >= 11 is 0. The van der Waals surface area contributed by atoms with Gasteiger partial charge in [-0.3, -0.25) is 0 Å². The van der Waals surface area contributed by atoms with E-state index in [1.54, 1.807) is 0 Å². The van der Waals surface area contributed by atoms with Crippen molar-refractivity contribution < 1.29 is 9.75 Å². The third kappa shape index (κ3) is 1.79. The minimum absolute atomic E-state index is 0.00134. The molecular formula is C14H23NO2. The van der Waals surface area contributed by atoms with Gasteiger partial charge in [0.05, 0.1) is 24.5 Å². The van der Waals surface area contributed by atoms with Crippen LogP contribution in [0.5, 0.6) is 0 Å². The molecule has 2 aliphatic rings. The highest BCUT2D eigenvalue weighted by atomic mass is 16.6. The van der Waals surface area contributed by atoms with Gasteiger partial charge in [-0.1, -0.05) is 12.3 Å². The van der Waals surface area contributed by atoms with E-state index in [0.29, 0.717) is 13.0 Å². The van der Waals surface area contributed by atoms with Gasteiger partial charge >= 0.3 is 0 Å². The molecule has 5 unspecified atom stereocenters. The van der Waals surface area contributed by atoms with E-state index in [2.05, 4.69) is 5.92 Å². The van der Waals surface area contributed by atoms with E-state index in [1.807, 2.05) is 13.8 Å². The van der Waals surface area contributed by atoms with Crippen molar-refractivity contribution >= 4 is 0 Å². The molecule has 2 rings (SSSR count). The second-order valence-electron chi connectivity index (χ2n) is 5.75. The first-order valence-corrected chi connectivity index (χ1v) is 6.76. The van der Waals surface area contributed by atoms with Crippen LogP contribution in [0.3, 0.4) is 0 Å². The highest BCUT2D eigenvalue weighted by Crippen LogP contribution is 2.46. The Bertz CT molecular complexity index is 338. The Balaban J connectivity index is 2.37. The van der Waals surface area contributed by atoms with E-state index in [0.717, 1.165) is 25.7 Å². The van der Waals surface area contributed by atoms with Crippen molar-refractivity contribution in [3.63, 3.8) is 0 Å². The zero-order chi connectivity index (χ0) is 12.7. The second kappa shape index (κ2) is 4.28. The predicted molar refractivity (Wildman–Crippen MR) is 67.8 cm³/mol.